The SMILES string of the molecule is Brc1ccc(C2=C(NC3CCCCC3)OC(c3ccc(Br)cc3)O2)cc1. The summed E-state index contributed by atoms with van der Waals surface area (Å²) in [7, 11) is 0. The molecule has 1 saturated carbocycles. The Balaban J connectivity index is 1.60. The van der Waals surface area contributed by atoms with E-state index in [4.69, 9.17) is 9.47 Å². The van der Waals surface area contributed by atoms with Crippen molar-refractivity contribution in [3.05, 3.63) is 74.5 Å². The maximum atomic E-state index is 6.23. The van der Waals surface area contributed by atoms with Gasteiger partial charge in [-0.2, -0.15) is 0 Å². The molecule has 26 heavy (non-hydrogen) atoms. The lowest BCUT2D eigenvalue weighted by atomic mass is 9.95. The highest BCUT2D eigenvalue weighted by atomic mass is 79.9. The largest absolute Gasteiger partial charge is 0.444 e. The van der Waals surface area contributed by atoms with Gasteiger partial charge in [0.25, 0.3) is 6.29 Å². The Hall–Kier alpha value is -1.46. The highest BCUT2D eigenvalue weighted by molar-refractivity contribution is 9.10. The van der Waals surface area contributed by atoms with Crippen molar-refractivity contribution >= 4 is 37.6 Å². The van der Waals surface area contributed by atoms with Gasteiger partial charge in [-0.05, 0) is 49.2 Å². The number of nitrogens with one attached hydrogen (secondary N) is 1. The molecule has 136 valence electrons. The summed E-state index contributed by atoms with van der Waals surface area (Å²) in [6.45, 7) is 0. The van der Waals surface area contributed by atoms with Crippen LogP contribution in [0.3, 0.4) is 0 Å². The van der Waals surface area contributed by atoms with Crippen LogP contribution in [0.15, 0.2) is 63.4 Å². The predicted molar refractivity (Wildman–Crippen MR) is 110 cm³/mol. The Morgan fingerprint density at radius 2 is 1.38 bits per heavy atom. The van der Waals surface area contributed by atoms with Gasteiger partial charge in [0.05, 0.1) is 0 Å². The Bertz CT molecular complexity index is 781. The van der Waals surface area contributed by atoms with Crippen molar-refractivity contribution in [3.8, 4) is 0 Å². The maximum Gasteiger partial charge on any atom is 0.269 e. The number of rotatable bonds is 4. The molecule has 0 amide bonds. The Labute approximate surface area is 171 Å². The van der Waals surface area contributed by atoms with Crippen LogP contribution in [0, 0.1) is 0 Å². The van der Waals surface area contributed by atoms with E-state index in [-0.39, 0.29) is 0 Å². The molecule has 0 radical (unpaired) electrons. The number of ether oxygens (including phenoxy) is 2. The fraction of sp³-hybridized carbons (Fsp3) is 0.333. The minimum atomic E-state index is -0.423. The molecular weight excluding hydrogens is 458 g/mol. The highest BCUT2D eigenvalue weighted by Gasteiger charge is 2.31. The first-order chi connectivity index (χ1) is 12.7. The molecule has 1 heterocycles. The summed E-state index contributed by atoms with van der Waals surface area (Å²) in [5.74, 6) is 1.54. The molecule has 1 N–H and O–H groups in total. The molecule has 2 aromatic rings. The van der Waals surface area contributed by atoms with Crippen molar-refractivity contribution in [2.24, 2.45) is 0 Å². The van der Waals surface area contributed by atoms with E-state index in [0.717, 1.165) is 31.7 Å². The first-order valence-corrected chi connectivity index (χ1v) is 10.6. The Kier molecular flexibility index (Phi) is 5.55. The van der Waals surface area contributed by atoms with E-state index in [1.807, 2.05) is 36.4 Å². The summed E-state index contributed by atoms with van der Waals surface area (Å²) in [5, 5.41) is 3.60. The van der Waals surface area contributed by atoms with E-state index in [1.54, 1.807) is 0 Å². The molecule has 0 bridgehead atoms. The molecule has 1 aliphatic heterocycles. The minimum Gasteiger partial charge on any atom is -0.444 e. The topological polar surface area (TPSA) is 30.5 Å². The van der Waals surface area contributed by atoms with Gasteiger partial charge < -0.3 is 14.8 Å². The van der Waals surface area contributed by atoms with E-state index in [0.29, 0.717) is 6.04 Å². The first-order valence-electron chi connectivity index (χ1n) is 9.04. The number of halogens is 2. The van der Waals surface area contributed by atoms with Gasteiger partial charge in [-0.15, -0.1) is 0 Å². The molecular formula is C21H21Br2NO2. The lowest BCUT2D eigenvalue weighted by molar-refractivity contribution is -0.0333. The Morgan fingerprint density at radius 3 is 2.04 bits per heavy atom. The monoisotopic (exact) mass is 477 g/mol. The molecule has 0 aromatic heterocycles. The average Bonchev–Trinajstić information content (AvgIpc) is 3.07. The molecule has 2 aromatic carbocycles. The van der Waals surface area contributed by atoms with Crippen LogP contribution in [-0.2, 0) is 9.47 Å². The van der Waals surface area contributed by atoms with Gasteiger partial charge in [0.1, 0.15) is 0 Å². The molecule has 2 aliphatic rings. The fourth-order valence-corrected chi connectivity index (χ4v) is 3.96. The van der Waals surface area contributed by atoms with Crippen molar-refractivity contribution in [2.45, 2.75) is 44.4 Å². The van der Waals surface area contributed by atoms with Gasteiger partial charge in [0, 0.05) is 26.1 Å². The van der Waals surface area contributed by atoms with Gasteiger partial charge in [-0.25, -0.2) is 0 Å². The van der Waals surface area contributed by atoms with Crippen LogP contribution in [0.4, 0.5) is 0 Å². The van der Waals surface area contributed by atoms with Gasteiger partial charge in [0.2, 0.25) is 5.88 Å². The van der Waals surface area contributed by atoms with E-state index in [9.17, 15) is 0 Å². The van der Waals surface area contributed by atoms with Crippen molar-refractivity contribution < 1.29 is 9.47 Å². The van der Waals surface area contributed by atoms with E-state index in [1.165, 1.54) is 32.1 Å². The van der Waals surface area contributed by atoms with Crippen LogP contribution in [-0.4, -0.2) is 6.04 Å². The molecule has 0 saturated heterocycles. The zero-order valence-electron chi connectivity index (χ0n) is 14.4. The van der Waals surface area contributed by atoms with Gasteiger partial charge in [-0.1, -0.05) is 63.3 Å². The first kappa shape index (κ1) is 17.9. The molecule has 3 nitrogen and oxygen atoms in total. The number of hydrogen-bond donors (Lipinski definition) is 1. The number of benzene rings is 2. The van der Waals surface area contributed by atoms with Gasteiger partial charge in [-0.3, -0.25) is 0 Å². The second kappa shape index (κ2) is 8.05. The minimum absolute atomic E-state index is 0.423. The molecule has 1 fully saturated rings. The van der Waals surface area contributed by atoms with Crippen LogP contribution < -0.4 is 5.32 Å². The van der Waals surface area contributed by atoms with Crippen LogP contribution in [0.1, 0.15) is 49.5 Å². The lowest BCUT2D eigenvalue weighted by Gasteiger charge is -2.24. The van der Waals surface area contributed by atoms with Crippen molar-refractivity contribution in [1.29, 1.82) is 0 Å². The van der Waals surface area contributed by atoms with Crippen LogP contribution in [0.2, 0.25) is 0 Å². The van der Waals surface area contributed by atoms with Crippen LogP contribution in [0.25, 0.3) is 5.76 Å². The summed E-state index contributed by atoms with van der Waals surface area (Å²) >= 11 is 6.97. The Morgan fingerprint density at radius 1 is 0.769 bits per heavy atom. The summed E-state index contributed by atoms with van der Waals surface area (Å²) < 4.78 is 14.5. The van der Waals surface area contributed by atoms with Crippen LogP contribution in [0.5, 0.6) is 0 Å². The summed E-state index contributed by atoms with van der Waals surface area (Å²) in [5.41, 5.74) is 2.02. The molecule has 5 heteroatoms. The van der Waals surface area contributed by atoms with E-state index < -0.39 is 6.29 Å². The van der Waals surface area contributed by atoms with Gasteiger partial charge >= 0.3 is 0 Å². The van der Waals surface area contributed by atoms with Crippen LogP contribution >= 0.6 is 31.9 Å². The zero-order chi connectivity index (χ0) is 17.9. The normalized spacial score (nSPS) is 20.6. The predicted octanol–water partition coefficient (Wildman–Crippen LogP) is 6.51. The summed E-state index contributed by atoms with van der Waals surface area (Å²) in [4.78, 5) is 0. The number of hydrogen-bond acceptors (Lipinski definition) is 3. The lowest BCUT2D eigenvalue weighted by Crippen LogP contribution is -2.31. The highest BCUT2D eigenvalue weighted by Crippen LogP contribution is 2.38. The third kappa shape index (κ3) is 4.09. The standard InChI is InChI=1S/C21H21Br2NO2/c22-16-10-6-14(7-11-16)19-20(24-18-4-2-1-3-5-18)26-21(25-19)15-8-12-17(23)13-9-15/h6-13,18,21,24H,1-5H2. The second-order valence-electron chi connectivity index (χ2n) is 6.76. The third-order valence-corrected chi connectivity index (χ3v) is 5.90. The molecule has 4 rings (SSSR count). The second-order valence-corrected chi connectivity index (χ2v) is 8.59. The fourth-order valence-electron chi connectivity index (χ4n) is 3.43. The van der Waals surface area contributed by atoms with E-state index >= 15 is 0 Å². The van der Waals surface area contributed by atoms with E-state index in [2.05, 4.69) is 49.3 Å². The smallest absolute Gasteiger partial charge is 0.269 e. The van der Waals surface area contributed by atoms with Crippen molar-refractivity contribution in [1.82, 2.24) is 5.32 Å². The van der Waals surface area contributed by atoms with Crippen molar-refractivity contribution in [3.63, 3.8) is 0 Å². The van der Waals surface area contributed by atoms with Gasteiger partial charge in [0.15, 0.2) is 5.76 Å². The third-order valence-electron chi connectivity index (χ3n) is 4.84. The molecule has 1 aliphatic carbocycles. The quantitative estimate of drug-likeness (QED) is 0.543. The van der Waals surface area contributed by atoms with Crippen molar-refractivity contribution in [2.75, 3.05) is 0 Å². The molecule has 1 unspecified atom stereocenters. The average molecular weight is 479 g/mol. The summed E-state index contributed by atoms with van der Waals surface area (Å²) in [6.07, 6.45) is 5.82. The summed E-state index contributed by atoms with van der Waals surface area (Å²) in [6, 6.07) is 16.7. The maximum absolute atomic E-state index is 6.23. The molecule has 1 atom stereocenters. The molecule has 0 spiro atoms. The zero-order valence-corrected chi connectivity index (χ0v) is 17.6.